The third-order valence-electron chi connectivity index (χ3n) is 3.52. The molecule has 2 aromatic heterocycles. The average Bonchev–Trinajstić information content (AvgIpc) is 3.16. The van der Waals surface area contributed by atoms with Gasteiger partial charge in [0.05, 0.1) is 11.8 Å². The molecule has 0 atom stereocenters. The Bertz CT molecular complexity index is 762. The highest BCUT2D eigenvalue weighted by atomic mass is 16.5. The molecule has 22 heavy (non-hydrogen) atoms. The number of hydrogen-bond acceptors (Lipinski definition) is 3. The van der Waals surface area contributed by atoms with E-state index in [2.05, 4.69) is 15.3 Å². The molecule has 0 aliphatic carbocycles. The van der Waals surface area contributed by atoms with E-state index in [9.17, 15) is 4.79 Å². The number of ether oxygens (including phenoxy) is 1. The summed E-state index contributed by atoms with van der Waals surface area (Å²) in [5.74, 6) is 0.592. The number of nitrogens with zero attached hydrogens (tertiary/aromatic N) is 2. The Kier molecular flexibility index (Phi) is 4.09. The van der Waals surface area contributed by atoms with E-state index in [1.54, 1.807) is 12.5 Å². The lowest BCUT2D eigenvalue weighted by atomic mass is 10.2. The maximum atomic E-state index is 11.8. The molecule has 0 radical (unpaired) electrons. The van der Waals surface area contributed by atoms with Gasteiger partial charge in [-0.3, -0.25) is 4.79 Å². The number of aryl methyl sites for hydroxylation is 1. The zero-order valence-corrected chi connectivity index (χ0v) is 12.4. The lowest BCUT2D eigenvalue weighted by Crippen LogP contribution is -2.30. The molecule has 1 amide bonds. The Morgan fingerprint density at radius 3 is 3.14 bits per heavy atom. The highest BCUT2D eigenvalue weighted by Crippen LogP contribution is 2.25. The Morgan fingerprint density at radius 1 is 1.41 bits per heavy atom. The molecule has 6 nitrogen and oxygen atoms in total. The summed E-state index contributed by atoms with van der Waals surface area (Å²) in [6.45, 7) is 0.566. The second kappa shape index (κ2) is 6.34. The fourth-order valence-corrected chi connectivity index (χ4v) is 2.35. The molecule has 0 aliphatic heterocycles. The lowest BCUT2D eigenvalue weighted by molar-refractivity contribution is -0.123. The third kappa shape index (κ3) is 3.11. The van der Waals surface area contributed by atoms with Crippen molar-refractivity contribution in [2.24, 2.45) is 7.05 Å². The zero-order chi connectivity index (χ0) is 15.4. The van der Waals surface area contributed by atoms with Crippen LogP contribution in [0.15, 0.2) is 43.0 Å². The van der Waals surface area contributed by atoms with Crippen LogP contribution in [0.1, 0.15) is 5.69 Å². The van der Waals surface area contributed by atoms with E-state index in [1.807, 2.05) is 42.1 Å². The molecule has 114 valence electrons. The van der Waals surface area contributed by atoms with Crippen LogP contribution in [0, 0.1) is 0 Å². The van der Waals surface area contributed by atoms with Crippen LogP contribution in [0.3, 0.4) is 0 Å². The predicted octanol–water partition coefficient (Wildman–Crippen LogP) is 1.64. The molecular weight excluding hydrogens is 280 g/mol. The van der Waals surface area contributed by atoms with Gasteiger partial charge in [0.2, 0.25) is 0 Å². The largest absolute Gasteiger partial charge is 0.483 e. The van der Waals surface area contributed by atoms with Crippen molar-refractivity contribution in [1.82, 2.24) is 19.9 Å². The minimum absolute atomic E-state index is 0.0109. The third-order valence-corrected chi connectivity index (χ3v) is 3.52. The number of hydrogen-bond donors (Lipinski definition) is 2. The minimum Gasteiger partial charge on any atom is -0.483 e. The van der Waals surface area contributed by atoms with Gasteiger partial charge in [-0.2, -0.15) is 0 Å². The van der Waals surface area contributed by atoms with E-state index in [0.29, 0.717) is 6.54 Å². The number of amides is 1. The number of nitrogens with one attached hydrogen (secondary N) is 2. The Hall–Kier alpha value is -2.76. The number of rotatable bonds is 6. The highest BCUT2D eigenvalue weighted by Gasteiger charge is 2.07. The number of aromatic nitrogens is 3. The van der Waals surface area contributed by atoms with Gasteiger partial charge in [-0.15, -0.1) is 0 Å². The summed E-state index contributed by atoms with van der Waals surface area (Å²) in [5, 5.41) is 3.84. The fourth-order valence-electron chi connectivity index (χ4n) is 2.35. The van der Waals surface area contributed by atoms with Crippen molar-refractivity contribution in [3.63, 3.8) is 0 Å². The molecule has 0 spiro atoms. The maximum Gasteiger partial charge on any atom is 0.257 e. The van der Waals surface area contributed by atoms with E-state index in [0.717, 1.165) is 28.8 Å². The maximum absolute atomic E-state index is 11.8. The van der Waals surface area contributed by atoms with Crippen molar-refractivity contribution in [2.75, 3.05) is 13.2 Å². The highest BCUT2D eigenvalue weighted by molar-refractivity contribution is 5.87. The first-order valence-electron chi connectivity index (χ1n) is 7.15. The molecule has 1 aromatic carbocycles. The number of aromatic amines is 1. The summed E-state index contributed by atoms with van der Waals surface area (Å²) in [6, 6.07) is 7.81. The van der Waals surface area contributed by atoms with E-state index < -0.39 is 0 Å². The Morgan fingerprint density at radius 2 is 2.32 bits per heavy atom. The molecule has 0 bridgehead atoms. The van der Waals surface area contributed by atoms with Gasteiger partial charge in [-0.1, -0.05) is 6.07 Å². The van der Waals surface area contributed by atoms with Gasteiger partial charge in [-0.25, -0.2) is 4.98 Å². The monoisotopic (exact) mass is 298 g/mol. The van der Waals surface area contributed by atoms with Crippen LogP contribution < -0.4 is 10.1 Å². The van der Waals surface area contributed by atoms with Crippen LogP contribution >= 0.6 is 0 Å². The summed E-state index contributed by atoms with van der Waals surface area (Å²) < 4.78 is 7.66. The molecule has 0 saturated heterocycles. The molecule has 6 heteroatoms. The number of carbonyl (C=O) groups is 1. The quantitative estimate of drug-likeness (QED) is 0.726. The summed E-state index contributed by atoms with van der Waals surface area (Å²) >= 11 is 0. The van der Waals surface area contributed by atoms with Crippen LogP contribution in [0.25, 0.3) is 10.9 Å². The summed E-state index contributed by atoms with van der Waals surface area (Å²) in [7, 11) is 1.98. The van der Waals surface area contributed by atoms with Crippen LogP contribution in [0.4, 0.5) is 0 Å². The standard InChI is InChI=1S/C16H18N4O2/c1-20-8-6-13-14(20)3-2-4-15(13)22-10-16(21)18-7-5-12-9-17-11-19-12/h2-4,6,8-9,11H,5,7,10H2,1H3,(H,17,19)(H,18,21). The second-order valence-electron chi connectivity index (χ2n) is 5.08. The normalized spacial score (nSPS) is 10.8. The number of imidazole rings is 1. The van der Waals surface area contributed by atoms with E-state index in [-0.39, 0.29) is 12.5 Å². The second-order valence-corrected chi connectivity index (χ2v) is 5.08. The predicted molar refractivity (Wildman–Crippen MR) is 83.7 cm³/mol. The van der Waals surface area contributed by atoms with Crippen LogP contribution in [0.5, 0.6) is 5.75 Å². The van der Waals surface area contributed by atoms with Gasteiger partial charge in [0.25, 0.3) is 5.91 Å². The summed E-state index contributed by atoms with van der Waals surface area (Å²) in [4.78, 5) is 18.7. The molecule has 2 heterocycles. The van der Waals surface area contributed by atoms with E-state index in [4.69, 9.17) is 4.74 Å². The van der Waals surface area contributed by atoms with Crippen molar-refractivity contribution in [3.8, 4) is 5.75 Å². The molecule has 0 fully saturated rings. The van der Waals surface area contributed by atoms with E-state index in [1.165, 1.54) is 0 Å². The van der Waals surface area contributed by atoms with Crippen molar-refractivity contribution in [1.29, 1.82) is 0 Å². The lowest BCUT2D eigenvalue weighted by Gasteiger charge is -2.08. The first kappa shape index (κ1) is 14.2. The Balaban J connectivity index is 1.52. The first-order chi connectivity index (χ1) is 10.7. The van der Waals surface area contributed by atoms with E-state index >= 15 is 0 Å². The van der Waals surface area contributed by atoms with Gasteiger partial charge in [-0.05, 0) is 18.2 Å². The molecule has 0 unspecified atom stereocenters. The molecule has 0 aliphatic rings. The molecular formula is C16H18N4O2. The average molecular weight is 298 g/mol. The topological polar surface area (TPSA) is 71.9 Å². The van der Waals surface area contributed by atoms with Gasteiger partial charge in [0.15, 0.2) is 6.61 Å². The fraction of sp³-hybridized carbons (Fsp3) is 0.250. The van der Waals surface area contributed by atoms with Crippen LogP contribution in [0.2, 0.25) is 0 Å². The molecule has 3 rings (SSSR count). The smallest absolute Gasteiger partial charge is 0.257 e. The van der Waals surface area contributed by atoms with Crippen molar-refractivity contribution in [2.45, 2.75) is 6.42 Å². The minimum atomic E-state index is -0.132. The van der Waals surface area contributed by atoms with Crippen molar-refractivity contribution < 1.29 is 9.53 Å². The number of H-pyrrole nitrogens is 1. The number of benzene rings is 1. The van der Waals surface area contributed by atoms with Crippen LogP contribution in [-0.4, -0.2) is 33.6 Å². The first-order valence-corrected chi connectivity index (χ1v) is 7.15. The number of fused-ring (bicyclic) bond motifs is 1. The van der Waals surface area contributed by atoms with Gasteiger partial charge < -0.3 is 19.6 Å². The Labute approximate surface area is 128 Å². The van der Waals surface area contributed by atoms with Gasteiger partial charge in [0, 0.05) is 43.5 Å². The summed E-state index contributed by atoms with van der Waals surface area (Å²) in [6.07, 6.45) is 6.07. The summed E-state index contributed by atoms with van der Waals surface area (Å²) in [5.41, 5.74) is 2.08. The van der Waals surface area contributed by atoms with Gasteiger partial charge >= 0.3 is 0 Å². The molecule has 3 aromatic rings. The van der Waals surface area contributed by atoms with Crippen molar-refractivity contribution >= 4 is 16.8 Å². The van der Waals surface area contributed by atoms with Gasteiger partial charge in [0.1, 0.15) is 5.75 Å². The molecule has 0 saturated carbocycles. The SMILES string of the molecule is Cn1ccc2c(OCC(=O)NCCc3cnc[nH]3)cccc21. The molecule has 2 N–H and O–H groups in total. The number of carbonyl (C=O) groups excluding carboxylic acids is 1. The van der Waals surface area contributed by atoms with Crippen molar-refractivity contribution in [3.05, 3.63) is 48.7 Å². The zero-order valence-electron chi connectivity index (χ0n) is 12.4. The van der Waals surface area contributed by atoms with Crippen LogP contribution in [-0.2, 0) is 18.3 Å².